The van der Waals surface area contributed by atoms with Crippen molar-refractivity contribution in [3.05, 3.63) is 83.9 Å². The van der Waals surface area contributed by atoms with Gasteiger partial charge < -0.3 is 68.4 Å². The molecule has 0 radical (unpaired) electrons. The summed E-state index contributed by atoms with van der Waals surface area (Å²) in [6, 6.07) is 23.2. The summed E-state index contributed by atoms with van der Waals surface area (Å²) in [6.45, 7) is 4.43. The van der Waals surface area contributed by atoms with E-state index in [1.807, 2.05) is 55.6 Å². The molecule has 10 heteroatoms. The SMILES string of the molecule is CCCCC1Cc2cc(O)ccc2-c2n(C)c3cc(O)ccc3[n+]21.CCCCC1Cc2cc(O)ccc2-c2n1c1cc(O)ccc1[n+]2C.[I-].[I-]. The van der Waals surface area contributed by atoms with Crippen molar-refractivity contribution in [2.45, 2.75) is 77.3 Å². The Morgan fingerprint density at radius 3 is 1.80 bits per heavy atom. The van der Waals surface area contributed by atoms with E-state index in [0.717, 1.165) is 65.8 Å². The molecule has 50 heavy (non-hydrogen) atoms. The first kappa shape index (κ1) is 37.7. The highest BCUT2D eigenvalue weighted by Gasteiger charge is 2.37. The van der Waals surface area contributed by atoms with Crippen LogP contribution in [0.4, 0.5) is 0 Å². The Morgan fingerprint density at radius 2 is 1.16 bits per heavy atom. The Kier molecular flexibility index (Phi) is 11.6. The van der Waals surface area contributed by atoms with Crippen LogP contribution in [0.2, 0.25) is 0 Å². The van der Waals surface area contributed by atoms with Crippen molar-refractivity contribution >= 4 is 22.1 Å². The molecule has 2 aromatic heterocycles. The van der Waals surface area contributed by atoms with Crippen molar-refractivity contribution in [1.82, 2.24) is 9.13 Å². The molecule has 8 nitrogen and oxygen atoms in total. The van der Waals surface area contributed by atoms with Crippen molar-refractivity contribution in [3.63, 3.8) is 0 Å². The normalized spacial score (nSPS) is 15.5. The maximum absolute atomic E-state index is 9.98. The Morgan fingerprint density at radius 1 is 0.640 bits per heavy atom. The van der Waals surface area contributed by atoms with E-state index in [-0.39, 0.29) is 53.7 Å². The number of phenols is 4. The van der Waals surface area contributed by atoms with Crippen LogP contribution in [0.1, 0.15) is 75.6 Å². The summed E-state index contributed by atoms with van der Waals surface area (Å²) in [7, 11) is 4.12. The minimum atomic E-state index is 0. The van der Waals surface area contributed by atoms with Gasteiger partial charge in [0.1, 0.15) is 35.1 Å². The fraction of sp³-hybridized carbons (Fsp3) is 0.350. The van der Waals surface area contributed by atoms with Gasteiger partial charge >= 0.3 is 0 Å². The van der Waals surface area contributed by atoms with E-state index in [1.165, 1.54) is 41.5 Å². The number of nitrogens with zero attached hydrogens (tertiary/aromatic N) is 4. The molecule has 2 aliphatic heterocycles. The van der Waals surface area contributed by atoms with E-state index in [4.69, 9.17) is 0 Å². The summed E-state index contributed by atoms with van der Waals surface area (Å²) in [6.07, 6.45) is 8.74. The predicted molar refractivity (Wildman–Crippen MR) is 188 cm³/mol. The maximum atomic E-state index is 9.98. The summed E-state index contributed by atoms with van der Waals surface area (Å²) in [4.78, 5) is 0. The number of hydrogen-bond acceptors (Lipinski definition) is 4. The van der Waals surface area contributed by atoms with Crippen LogP contribution in [0.3, 0.4) is 0 Å². The predicted octanol–water partition coefficient (Wildman–Crippen LogP) is 1.67. The number of benzene rings is 4. The molecule has 4 heterocycles. The van der Waals surface area contributed by atoms with Gasteiger partial charge in [-0.2, -0.15) is 0 Å². The molecule has 0 fully saturated rings. The fourth-order valence-electron chi connectivity index (χ4n) is 8.08. The summed E-state index contributed by atoms with van der Waals surface area (Å²) in [5, 5.41) is 39.7. The molecule has 8 rings (SSSR count). The largest absolute Gasteiger partial charge is 1.00 e. The van der Waals surface area contributed by atoms with E-state index >= 15 is 0 Å². The van der Waals surface area contributed by atoms with Gasteiger partial charge in [0.2, 0.25) is 0 Å². The Hall–Kier alpha value is -3.52. The average Bonchev–Trinajstić information content (AvgIpc) is 3.53. The van der Waals surface area contributed by atoms with Crippen LogP contribution in [0.25, 0.3) is 44.8 Å². The number of imidazole rings is 2. The van der Waals surface area contributed by atoms with E-state index in [9.17, 15) is 20.4 Å². The minimum Gasteiger partial charge on any atom is -1.00 e. The van der Waals surface area contributed by atoms with Crippen LogP contribution in [0.5, 0.6) is 23.0 Å². The van der Waals surface area contributed by atoms with Gasteiger partial charge in [-0.25, -0.2) is 18.3 Å². The number of rotatable bonds is 6. The Bertz CT molecular complexity index is 2130. The second kappa shape index (κ2) is 15.4. The number of fused-ring (bicyclic) bond motifs is 10. The zero-order valence-electron chi connectivity index (χ0n) is 29.1. The highest BCUT2D eigenvalue weighted by molar-refractivity contribution is 5.80. The van der Waals surface area contributed by atoms with Gasteiger partial charge in [0.25, 0.3) is 11.6 Å². The molecule has 0 aliphatic carbocycles. The average molecular weight is 901 g/mol. The number of unbranched alkanes of at least 4 members (excludes halogenated alkanes) is 2. The number of aryl methyl sites for hydroxylation is 2. The lowest BCUT2D eigenvalue weighted by Gasteiger charge is -2.23. The van der Waals surface area contributed by atoms with Crippen molar-refractivity contribution in [2.75, 3.05) is 0 Å². The number of halogens is 2. The first-order valence-electron chi connectivity index (χ1n) is 17.3. The number of hydrogen-bond donors (Lipinski definition) is 4. The van der Waals surface area contributed by atoms with E-state index < -0.39 is 0 Å². The first-order valence-corrected chi connectivity index (χ1v) is 17.3. The number of phenolic OH excluding ortho intramolecular Hbond substituents is 4. The second-order valence-corrected chi connectivity index (χ2v) is 13.5. The van der Waals surface area contributed by atoms with Crippen LogP contribution in [-0.4, -0.2) is 29.6 Å². The molecule has 4 N–H and O–H groups in total. The van der Waals surface area contributed by atoms with Gasteiger partial charge in [0.15, 0.2) is 22.1 Å². The van der Waals surface area contributed by atoms with Crippen LogP contribution >= 0.6 is 0 Å². The van der Waals surface area contributed by atoms with Crippen LogP contribution in [0, 0.1) is 0 Å². The highest BCUT2D eigenvalue weighted by atomic mass is 127. The Labute approximate surface area is 327 Å². The maximum Gasteiger partial charge on any atom is 0.290 e. The quantitative estimate of drug-likeness (QED) is 0.151. The second-order valence-electron chi connectivity index (χ2n) is 13.5. The lowest BCUT2D eigenvalue weighted by Crippen LogP contribution is -3.00. The van der Waals surface area contributed by atoms with Crippen molar-refractivity contribution in [2.24, 2.45) is 14.1 Å². The Balaban J connectivity index is 0.000000187. The third kappa shape index (κ3) is 6.65. The lowest BCUT2D eigenvalue weighted by atomic mass is 9.92. The van der Waals surface area contributed by atoms with Gasteiger partial charge in [-0.1, -0.05) is 26.7 Å². The molecule has 6 aromatic rings. The molecule has 2 unspecified atom stereocenters. The molecule has 0 spiro atoms. The van der Waals surface area contributed by atoms with Crippen molar-refractivity contribution in [1.29, 1.82) is 0 Å². The number of aromatic nitrogens is 4. The van der Waals surface area contributed by atoms with Gasteiger partial charge in [0, 0.05) is 25.0 Å². The summed E-state index contributed by atoms with van der Waals surface area (Å²) in [5.41, 5.74) is 9.12. The fourth-order valence-corrected chi connectivity index (χ4v) is 8.08. The van der Waals surface area contributed by atoms with E-state index in [2.05, 4.69) is 39.2 Å². The van der Waals surface area contributed by atoms with Gasteiger partial charge in [-0.05, 0) is 97.5 Å². The van der Waals surface area contributed by atoms with E-state index in [0.29, 0.717) is 29.3 Å². The third-order valence-electron chi connectivity index (χ3n) is 10.3. The zero-order valence-corrected chi connectivity index (χ0v) is 33.4. The van der Waals surface area contributed by atoms with Gasteiger partial charge in [-0.3, -0.25) is 0 Å². The summed E-state index contributed by atoms with van der Waals surface area (Å²) in [5.74, 6) is 3.54. The highest BCUT2D eigenvalue weighted by Crippen LogP contribution is 2.40. The minimum absolute atomic E-state index is 0. The summed E-state index contributed by atoms with van der Waals surface area (Å²) >= 11 is 0. The van der Waals surface area contributed by atoms with Gasteiger partial charge in [0.05, 0.1) is 25.2 Å². The van der Waals surface area contributed by atoms with Crippen LogP contribution in [-0.2, 0) is 26.9 Å². The van der Waals surface area contributed by atoms with E-state index in [1.54, 1.807) is 24.3 Å². The van der Waals surface area contributed by atoms with Gasteiger partial charge in [-0.15, -0.1) is 0 Å². The van der Waals surface area contributed by atoms with Crippen molar-refractivity contribution in [3.8, 4) is 45.8 Å². The standard InChI is InChI=1S/2C20H22N2O2.2HI/c1-3-4-5-14-10-13-11-15(23)6-8-17(13)20-21(2)19-12-16(24)7-9-18(19)22(14)20;1-3-4-5-14-10-13-11-15(23)6-8-17(13)20-21(2)18-9-7-16(24)12-19(18)22(14)20;;/h2*6-9,11-12,14,24H,3-5,10H2,1-2H3;2*1H. The molecule has 4 aromatic carbocycles. The zero-order chi connectivity index (χ0) is 33.7. The molecular formula is C40H46I2N4O4. The molecule has 264 valence electrons. The van der Waals surface area contributed by atoms with Crippen LogP contribution in [0.15, 0.2) is 72.8 Å². The molecular weight excluding hydrogens is 854 g/mol. The molecule has 0 saturated carbocycles. The topological polar surface area (TPSA) is 98.5 Å². The molecule has 0 bridgehead atoms. The molecule has 2 aliphatic rings. The monoisotopic (exact) mass is 900 g/mol. The third-order valence-corrected chi connectivity index (χ3v) is 10.3. The van der Waals surface area contributed by atoms with Crippen molar-refractivity contribution < 1.29 is 77.5 Å². The lowest BCUT2D eigenvalue weighted by molar-refractivity contribution is -0.691. The summed E-state index contributed by atoms with van der Waals surface area (Å²) < 4.78 is 9.15. The van der Waals surface area contributed by atoms with Crippen LogP contribution < -0.4 is 57.1 Å². The molecule has 0 amide bonds. The molecule has 0 saturated heterocycles. The molecule has 2 atom stereocenters. The number of aromatic hydroxyl groups is 4. The first-order chi connectivity index (χ1) is 23.2. The smallest absolute Gasteiger partial charge is 0.290 e.